The second kappa shape index (κ2) is 7.24. The second-order valence-corrected chi connectivity index (χ2v) is 6.19. The molecule has 0 aliphatic carbocycles. The van der Waals surface area contributed by atoms with Crippen LogP contribution in [0.15, 0.2) is 22.7 Å². The van der Waals surface area contributed by atoms with E-state index in [0.717, 1.165) is 0 Å². The zero-order valence-electron chi connectivity index (χ0n) is 11.4. The first-order chi connectivity index (χ1) is 9.97. The molecule has 1 aliphatic heterocycles. The number of hydrogen-bond acceptors (Lipinski definition) is 3. The molecule has 1 heterocycles. The Morgan fingerprint density at radius 1 is 1.24 bits per heavy atom. The van der Waals surface area contributed by atoms with Crippen LogP contribution in [0.3, 0.4) is 0 Å². The van der Waals surface area contributed by atoms with Gasteiger partial charge in [0.2, 0.25) is 0 Å². The number of benzene rings is 1. The summed E-state index contributed by atoms with van der Waals surface area (Å²) in [7, 11) is 0. The number of aliphatic carboxylic acids is 1. The van der Waals surface area contributed by atoms with Crippen LogP contribution in [-0.2, 0) is 4.79 Å². The number of rotatable bonds is 4. The molecule has 1 saturated heterocycles. The lowest BCUT2D eigenvalue weighted by molar-refractivity contribution is -0.137. The Kier molecular flexibility index (Phi) is 5.61. The molecule has 1 amide bonds. The van der Waals surface area contributed by atoms with E-state index in [1.54, 1.807) is 23.1 Å². The SMILES string of the molecule is O=C(O)CCN1CCN(C(=O)c2ccc(Cl)cc2Br)CC1. The molecule has 1 aromatic rings. The first kappa shape index (κ1) is 16.3. The lowest BCUT2D eigenvalue weighted by Gasteiger charge is -2.34. The van der Waals surface area contributed by atoms with Crippen LogP contribution in [0.4, 0.5) is 0 Å². The third kappa shape index (κ3) is 4.43. The molecule has 114 valence electrons. The van der Waals surface area contributed by atoms with E-state index < -0.39 is 5.97 Å². The average Bonchev–Trinajstić information content (AvgIpc) is 2.45. The average molecular weight is 376 g/mol. The molecule has 0 bridgehead atoms. The van der Waals surface area contributed by atoms with E-state index in [1.807, 2.05) is 0 Å². The summed E-state index contributed by atoms with van der Waals surface area (Å²) in [6.45, 7) is 3.14. The summed E-state index contributed by atoms with van der Waals surface area (Å²) in [6, 6.07) is 5.12. The number of carbonyl (C=O) groups excluding carboxylic acids is 1. The van der Waals surface area contributed by atoms with Crippen LogP contribution in [0.1, 0.15) is 16.8 Å². The molecule has 0 spiro atoms. The van der Waals surface area contributed by atoms with E-state index in [1.165, 1.54) is 0 Å². The van der Waals surface area contributed by atoms with Crippen LogP contribution < -0.4 is 0 Å². The minimum Gasteiger partial charge on any atom is -0.481 e. The molecule has 0 radical (unpaired) electrons. The van der Waals surface area contributed by atoms with Gasteiger partial charge in [0.25, 0.3) is 5.91 Å². The van der Waals surface area contributed by atoms with Gasteiger partial charge in [0, 0.05) is 42.2 Å². The van der Waals surface area contributed by atoms with Crippen molar-refractivity contribution in [3.63, 3.8) is 0 Å². The Bertz CT molecular complexity index is 545. The number of carboxylic acid groups (broad SMARTS) is 1. The number of halogens is 2. The van der Waals surface area contributed by atoms with Gasteiger partial charge in [-0.15, -0.1) is 0 Å². The number of nitrogens with zero attached hydrogens (tertiary/aromatic N) is 2. The van der Waals surface area contributed by atoms with Crippen LogP contribution in [0.25, 0.3) is 0 Å². The van der Waals surface area contributed by atoms with Gasteiger partial charge in [-0.25, -0.2) is 0 Å². The minimum absolute atomic E-state index is 0.0311. The van der Waals surface area contributed by atoms with Crippen molar-refractivity contribution < 1.29 is 14.7 Å². The first-order valence-corrected chi connectivity index (χ1v) is 7.83. The highest BCUT2D eigenvalue weighted by atomic mass is 79.9. The quantitative estimate of drug-likeness (QED) is 0.877. The van der Waals surface area contributed by atoms with Crippen molar-refractivity contribution in [2.24, 2.45) is 0 Å². The lowest BCUT2D eigenvalue weighted by atomic mass is 10.2. The van der Waals surface area contributed by atoms with Crippen molar-refractivity contribution in [3.8, 4) is 0 Å². The Morgan fingerprint density at radius 3 is 2.48 bits per heavy atom. The summed E-state index contributed by atoms with van der Waals surface area (Å²) in [5.74, 6) is -0.824. The van der Waals surface area contributed by atoms with E-state index in [9.17, 15) is 9.59 Å². The highest BCUT2D eigenvalue weighted by Crippen LogP contribution is 2.23. The Labute approximate surface area is 136 Å². The lowest BCUT2D eigenvalue weighted by Crippen LogP contribution is -2.49. The maximum absolute atomic E-state index is 12.4. The van der Waals surface area contributed by atoms with Crippen LogP contribution in [0, 0.1) is 0 Å². The molecule has 1 N–H and O–H groups in total. The Hall–Kier alpha value is -1.11. The number of carbonyl (C=O) groups is 2. The largest absolute Gasteiger partial charge is 0.481 e. The smallest absolute Gasteiger partial charge is 0.304 e. The second-order valence-electron chi connectivity index (χ2n) is 4.90. The molecule has 21 heavy (non-hydrogen) atoms. The summed E-state index contributed by atoms with van der Waals surface area (Å²) >= 11 is 9.24. The summed E-state index contributed by atoms with van der Waals surface area (Å²) in [5.41, 5.74) is 0.596. The third-order valence-corrected chi connectivity index (χ3v) is 4.35. The fraction of sp³-hybridized carbons (Fsp3) is 0.429. The molecule has 0 atom stereocenters. The molecule has 5 nitrogen and oxygen atoms in total. The van der Waals surface area contributed by atoms with Crippen molar-refractivity contribution in [3.05, 3.63) is 33.3 Å². The van der Waals surface area contributed by atoms with Crippen molar-refractivity contribution in [1.82, 2.24) is 9.80 Å². The van der Waals surface area contributed by atoms with Crippen molar-refractivity contribution in [1.29, 1.82) is 0 Å². The molecule has 0 aromatic heterocycles. The summed E-state index contributed by atoms with van der Waals surface area (Å²) in [6.07, 6.45) is 0.136. The van der Waals surface area contributed by atoms with Crippen molar-refractivity contribution in [2.75, 3.05) is 32.7 Å². The normalized spacial score (nSPS) is 16.0. The molecule has 2 rings (SSSR count). The topological polar surface area (TPSA) is 60.9 Å². The maximum Gasteiger partial charge on any atom is 0.304 e. The number of hydrogen-bond donors (Lipinski definition) is 1. The van der Waals surface area contributed by atoms with Gasteiger partial charge in [-0.2, -0.15) is 0 Å². The van der Waals surface area contributed by atoms with Gasteiger partial charge in [0.15, 0.2) is 0 Å². The number of piperazine rings is 1. The van der Waals surface area contributed by atoms with Gasteiger partial charge < -0.3 is 10.0 Å². The highest BCUT2D eigenvalue weighted by molar-refractivity contribution is 9.10. The molecular formula is C14H16BrClN2O3. The van der Waals surface area contributed by atoms with Crippen LogP contribution in [0.2, 0.25) is 5.02 Å². The van der Waals surface area contributed by atoms with E-state index in [2.05, 4.69) is 20.8 Å². The molecule has 1 aromatic carbocycles. The molecular weight excluding hydrogens is 360 g/mol. The predicted molar refractivity (Wildman–Crippen MR) is 83.7 cm³/mol. The van der Waals surface area contributed by atoms with Crippen molar-refractivity contribution in [2.45, 2.75) is 6.42 Å². The predicted octanol–water partition coefficient (Wildman–Crippen LogP) is 2.33. The van der Waals surface area contributed by atoms with E-state index in [4.69, 9.17) is 16.7 Å². The Morgan fingerprint density at radius 2 is 1.90 bits per heavy atom. The summed E-state index contributed by atoms with van der Waals surface area (Å²) in [4.78, 5) is 26.8. The standard InChI is InChI=1S/C14H16BrClN2O3/c15-12-9-10(16)1-2-11(12)14(21)18-7-5-17(6-8-18)4-3-13(19)20/h1-2,9H,3-8H2,(H,19,20). The van der Waals surface area contributed by atoms with Gasteiger partial charge in [-0.3, -0.25) is 14.5 Å². The summed E-state index contributed by atoms with van der Waals surface area (Å²) in [5, 5.41) is 9.26. The van der Waals surface area contributed by atoms with Crippen LogP contribution in [-0.4, -0.2) is 59.5 Å². The minimum atomic E-state index is -0.793. The van der Waals surface area contributed by atoms with Gasteiger partial charge in [0.05, 0.1) is 12.0 Å². The van der Waals surface area contributed by atoms with Gasteiger partial charge in [-0.05, 0) is 34.1 Å². The van der Waals surface area contributed by atoms with Gasteiger partial charge >= 0.3 is 5.97 Å². The number of amides is 1. The monoisotopic (exact) mass is 374 g/mol. The fourth-order valence-electron chi connectivity index (χ4n) is 2.26. The molecule has 0 unspecified atom stereocenters. The van der Waals surface area contributed by atoms with Crippen LogP contribution >= 0.6 is 27.5 Å². The maximum atomic E-state index is 12.4. The van der Waals surface area contributed by atoms with E-state index >= 15 is 0 Å². The van der Waals surface area contributed by atoms with Gasteiger partial charge in [-0.1, -0.05) is 11.6 Å². The first-order valence-electron chi connectivity index (χ1n) is 6.66. The number of carboxylic acids is 1. The zero-order valence-corrected chi connectivity index (χ0v) is 13.7. The molecule has 1 aliphatic rings. The zero-order chi connectivity index (χ0) is 15.4. The molecule has 1 fully saturated rings. The fourth-order valence-corrected chi connectivity index (χ4v) is 3.11. The van der Waals surface area contributed by atoms with E-state index in [0.29, 0.717) is 47.8 Å². The summed E-state index contributed by atoms with van der Waals surface area (Å²) < 4.78 is 0.688. The Balaban J connectivity index is 1.92. The third-order valence-electron chi connectivity index (χ3n) is 3.46. The van der Waals surface area contributed by atoms with Gasteiger partial charge in [0.1, 0.15) is 0 Å². The molecule has 0 saturated carbocycles. The van der Waals surface area contributed by atoms with Crippen LogP contribution in [0.5, 0.6) is 0 Å². The van der Waals surface area contributed by atoms with Crippen molar-refractivity contribution >= 4 is 39.4 Å². The van der Waals surface area contributed by atoms with E-state index in [-0.39, 0.29) is 12.3 Å². The molecule has 7 heteroatoms. The highest BCUT2D eigenvalue weighted by Gasteiger charge is 2.23.